The third-order valence-electron chi connectivity index (χ3n) is 3.03. The average molecular weight is 307 g/mol. The lowest BCUT2D eigenvalue weighted by atomic mass is 10.1. The number of fused-ring (bicyclic) bond motifs is 1. The second-order valence-corrected chi connectivity index (χ2v) is 5.23. The summed E-state index contributed by atoms with van der Waals surface area (Å²) in [6.45, 7) is 1.91. The molecule has 0 bridgehead atoms. The molecule has 0 N–H and O–H groups in total. The first-order valence-corrected chi connectivity index (χ1v) is 6.69. The Balaban J connectivity index is 2.21. The molecule has 2 aromatic carbocycles. The minimum Gasteiger partial charge on any atom is -0.228 e. The van der Waals surface area contributed by atoms with Gasteiger partial charge in [0, 0.05) is 16.0 Å². The summed E-state index contributed by atoms with van der Waals surface area (Å²) >= 11 is 12.1. The SMILES string of the molecule is Cc1cc(-c2nc(Cl)c3cc(F)ccc3n2)ccc1Cl. The molecule has 3 rings (SSSR count). The molecule has 0 unspecified atom stereocenters. The molecule has 100 valence electrons. The third-order valence-corrected chi connectivity index (χ3v) is 3.74. The highest BCUT2D eigenvalue weighted by molar-refractivity contribution is 6.34. The van der Waals surface area contributed by atoms with Gasteiger partial charge in [-0.05, 0) is 48.9 Å². The first kappa shape index (κ1) is 13.3. The molecule has 0 aliphatic rings. The van der Waals surface area contributed by atoms with Gasteiger partial charge in [0.1, 0.15) is 11.0 Å². The molecule has 20 heavy (non-hydrogen) atoms. The van der Waals surface area contributed by atoms with E-state index >= 15 is 0 Å². The molecule has 0 aliphatic carbocycles. The van der Waals surface area contributed by atoms with Gasteiger partial charge in [0.2, 0.25) is 0 Å². The molecule has 0 amide bonds. The minimum atomic E-state index is -0.363. The van der Waals surface area contributed by atoms with E-state index in [9.17, 15) is 4.39 Å². The number of aromatic nitrogens is 2. The Kier molecular flexibility index (Phi) is 3.32. The van der Waals surface area contributed by atoms with E-state index in [4.69, 9.17) is 23.2 Å². The summed E-state index contributed by atoms with van der Waals surface area (Å²) in [5.74, 6) is 0.131. The zero-order valence-corrected chi connectivity index (χ0v) is 12.0. The molecule has 0 fully saturated rings. The predicted molar refractivity (Wildman–Crippen MR) is 79.7 cm³/mol. The lowest BCUT2D eigenvalue weighted by Crippen LogP contribution is -1.93. The summed E-state index contributed by atoms with van der Waals surface area (Å²) in [5, 5.41) is 1.42. The fourth-order valence-electron chi connectivity index (χ4n) is 1.98. The first-order chi connectivity index (χ1) is 9.54. The first-order valence-electron chi connectivity index (χ1n) is 5.94. The second-order valence-electron chi connectivity index (χ2n) is 4.46. The number of hydrogen-bond acceptors (Lipinski definition) is 2. The molecule has 1 heterocycles. The van der Waals surface area contributed by atoms with Gasteiger partial charge in [-0.1, -0.05) is 23.2 Å². The van der Waals surface area contributed by atoms with Crippen molar-refractivity contribution in [1.82, 2.24) is 9.97 Å². The number of halogens is 3. The van der Waals surface area contributed by atoms with Crippen molar-refractivity contribution in [2.24, 2.45) is 0 Å². The van der Waals surface area contributed by atoms with Gasteiger partial charge in [-0.15, -0.1) is 0 Å². The van der Waals surface area contributed by atoms with Crippen molar-refractivity contribution in [3.63, 3.8) is 0 Å². The van der Waals surface area contributed by atoms with Gasteiger partial charge < -0.3 is 0 Å². The standard InChI is InChI=1S/C15H9Cl2FN2/c1-8-6-9(2-4-12(8)16)15-19-13-5-3-10(18)7-11(13)14(17)20-15/h2-7H,1H3. The van der Waals surface area contributed by atoms with E-state index < -0.39 is 0 Å². The van der Waals surface area contributed by atoms with Gasteiger partial charge >= 0.3 is 0 Å². The highest BCUT2D eigenvalue weighted by atomic mass is 35.5. The average Bonchev–Trinajstić information content (AvgIpc) is 2.42. The predicted octanol–water partition coefficient (Wildman–Crippen LogP) is 5.05. The largest absolute Gasteiger partial charge is 0.228 e. The molecular weight excluding hydrogens is 298 g/mol. The van der Waals surface area contributed by atoms with Crippen LogP contribution >= 0.6 is 23.2 Å². The summed E-state index contributed by atoms with van der Waals surface area (Å²) in [6.07, 6.45) is 0. The normalized spacial score (nSPS) is 11.0. The van der Waals surface area contributed by atoms with Gasteiger partial charge in [0.15, 0.2) is 5.82 Å². The Bertz CT molecular complexity index is 818. The van der Waals surface area contributed by atoms with Crippen LogP contribution in [0.3, 0.4) is 0 Å². The van der Waals surface area contributed by atoms with Crippen molar-refractivity contribution >= 4 is 34.1 Å². The van der Waals surface area contributed by atoms with E-state index in [0.717, 1.165) is 11.1 Å². The van der Waals surface area contributed by atoms with Gasteiger partial charge in [0.05, 0.1) is 5.52 Å². The van der Waals surface area contributed by atoms with Crippen LogP contribution in [-0.4, -0.2) is 9.97 Å². The van der Waals surface area contributed by atoms with Gasteiger partial charge in [-0.2, -0.15) is 0 Å². The molecule has 0 saturated heterocycles. The molecule has 0 atom stereocenters. The molecule has 0 radical (unpaired) electrons. The molecule has 3 aromatic rings. The van der Waals surface area contributed by atoms with E-state index in [2.05, 4.69) is 9.97 Å². The zero-order valence-electron chi connectivity index (χ0n) is 10.5. The van der Waals surface area contributed by atoms with E-state index in [0.29, 0.717) is 21.7 Å². The van der Waals surface area contributed by atoms with Crippen molar-refractivity contribution in [3.05, 3.63) is 58.0 Å². The van der Waals surface area contributed by atoms with Gasteiger partial charge in [0.25, 0.3) is 0 Å². The van der Waals surface area contributed by atoms with E-state index in [1.165, 1.54) is 12.1 Å². The van der Waals surface area contributed by atoms with Crippen LogP contribution in [0.2, 0.25) is 10.2 Å². The smallest absolute Gasteiger partial charge is 0.161 e. The Morgan fingerprint density at radius 1 is 1.00 bits per heavy atom. The summed E-state index contributed by atoms with van der Waals surface area (Å²) in [4.78, 5) is 8.64. The van der Waals surface area contributed by atoms with Crippen molar-refractivity contribution in [1.29, 1.82) is 0 Å². The zero-order chi connectivity index (χ0) is 14.3. The van der Waals surface area contributed by atoms with E-state index in [-0.39, 0.29) is 11.0 Å². The molecular formula is C15H9Cl2FN2. The van der Waals surface area contributed by atoms with Crippen LogP contribution in [0.5, 0.6) is 0 Å². The Labute approximate surface area is 125 Å². The van der Waals surface area contributed by atoms with Crippen LogP contribution in [-0.2, 0) is 0 Å². The monoisotopic (exact) mass is 306 g/mol. The Morgan fingerprint density at radius 3 is 2.55 bits per heavy atom. The summed E-state index contributed by atoms with van der Waals surface area (Å²) in [6, 6.07) is 9.78. The highest BCUT2D eigenvalue weighted by Gasteiger charge is 2.09. The number of rotatable bonds is 1. The summed E-state index contributed by atoms with van der Waals surface area (Å²) in [7, 11) is 0. The quantitative estimate of drug-likeness (QED) is 0.588. The maximum Gasteiger partial charge on any atom is 0.161 e. The van der Waals surface area contributed by atoms with Crippen molar-refractivity contribution in [2.45, 2.75) is 6.92 Å². The number of aryl methyl sites for hydroxylation is 1. The van der Waals surface area contributed by atoms with Crippen LogP contribution < -0.4 is 0 Å². The molecule has 5 heteroatoms. The maximum atomic E-state index is 13.2. The van der Waals surface area contributed by atoms with Gasteiger partial charge in [-0.25, -0.2) is 14.4 Å². The van der Waals surface area contributed by atoms with Crippen molar-refractivity contribution in [3.8, 4) is 11.4 Å². The van der Waals surface area contributed by atoms with Crippen molar-refractivity contribution < 1.29 is 4.39 Å². The topological polar surface area (TPSA) is 25.8 Å². The Morgan fingerprint density at radius 2 is 1.80 bits per heavy atom. The van der Waals surface area contributed by atoms with Crippen LogP contribution in [0.1, 0.15) is 5.56 Å². The van der Waals surface area contributed by atoms with E-state index in [1.807, 2.05) is 19.1 Å². The Hall–Kier alpha value is -1.71. The minimum absolute atomic E-state index is 0.233. The lowest BCUT2D eigenvalue weighted by Gasteiger charge is -2.06. The summed E-state index contributed by atoms with van der Waals surface area (Å²) < 4.78 is 13.2. The number of benzene rings is 2. The molecule has 1 aromatic heterocycles. The lowest BCUT2D eigenvalue weighted by molar-refractivity contribution is 0.629. The van der Waals surface area contributed by atoms with Crippen molar-refractivity contribution in [2.75, 3.05) is 0 Å². The fraction of sp³-hybridized carbons (Fsp3) is 0.0667. The van der Waals surface area contributed by atoms with Crippen LogP contribution in [0.25, 0.3) is 22.3 Å². The summed E-state index contributed by atoms with van der Waals surface area (Å²) in [5.41, 5.74) is 2.36. The third kappa shape index (κ3) is 2.35. The number of hydrogen-bond donors (Lipinski definition) is 0. The molecule has 2 nitrogen and oxygen atoms in total. The van der Waals surface area contributed by atoms with E-state index in [1.54, 1.807) is 12.1 Å². The highest BCUT2D eigenvalue weighted by Crippen LogP contribution is 2.27. The fourth-order valence-corrected chi connectivity index (χ4v) is 2.33. The van der Waals surface area contributed by atoms with Crippen LogP contribution in [0.15, 0.2) is 36.4 Å². The molecule has 0 saturated carbocycles. The van der Waals surface area contributed by atoms with Crippen LogP contribution in [0.4, 0.5) is 4.39 Å². The number of nitrogens with zero attached hydrogens (tertiary/aromatic N) is 2. The van der Waals surface area contributed by atoms with Crippen LogP contribution in [0, 0.1) is 12.7 Å². The van der Waals surface area contributed by atoms with Gasteiger partial charge in [-0.3, -0.25) is 0 Å². The maximum absolute atomic E-state index is 13.2. The second kappa shape index (κ2) is 5.00. The molecule has 0 aliphatic heterocycles. The molecule has 0 spiro atoms.